The van der Waals surface area contributed by atoms with E-state index in [-0.39, 0.29) is 5.91 Å². The topological polar surface area (TPSA) is 58.1 Å². The van der Waals surface area contributed by atoms with E-state index in [9.17, 15) is 4.79 Å². The van der Waals surface area contributed by atoms with E-state index in [0.29, 0.717) is 12.5 Å². The molecule has 22 heavy (non-hydrogen) atoms. The van der Waals surface area contributed by atoms with Crippen LogP contribution < -0.4 is 5.32 Å². The number of likely N-dealkylation sites (tertiary alicyclic amines) is 1. The molecule has 1 atom stereocenters. The highest BCUT2D eigenvalue weighted by molar-refractivity contribution is 7.13. The first-order valence-electron chi connectivity index (χ1n) is 7.58. The van der Waals surface area contributed by atoms with Crippen molar-refractivity contribution < 1.29 is 4.79 Å². The normalized spacial score (nSPS) is 17.9. The minimum atomic E-state index is 0.177. The Labute approximate surface area is 134 Å². The number of thiazole rings is 1. The van der Waals surface area contributed by atoms with Gasteiger partial charge in [-0.2, -0.15) is 0 Å². The van der Waals surface area contributed by atoms with Crippen LogP contribution in [-0.2, 0) is 11.2 Å². The second-order valence-corrected chi connectivity index (χ2v) is 6.33. The molecule has 116 valence electrons. The molecule has 6 heteroatoms. The van der Waals surface area contributed by atoms with Gasteiger partial charge in [0.05, 0.1) is 17.8 Å². The van der Waals surface area contributed by atoms with E-state index in [1.165, 1.54) is 0 Å². The van der Waals surface area contributed by atoms with Gasteiger partial charge in [-0.05, 0) is 32.0 Å². The van der Waals surface area contributed by atoms with E-state index in [1.54, 1.807) is 17.5 Å². The van der Waals surface area contributed by atoms with Crippen molar-refractivity contribution in [2.45, 2.75) is 25.3 Å². The van der Waals surface area contributed by atoms with Crippen molar-refractivity contribution >= 4 is 17.2 Å². The second-order valence-electron chi connectivity index (χ2n) is 5.48. The first-order chi connectivity index (χ1) is 10.8. The molecule has 0 bridgehead atoms. The average molecular weight is 316 g/mol. The lowest BCUT2D eigenvalue weighted by atomic mass is 10.2. The number of hydrogen-bond acceptors (Lipinski definition) is 5. The standard InChI is InChI=1S/C16H20N4OS/c1-17-10-13-5-4-8-20(13)15(21)9-12-11-22-16(19-12)14-6-2-3-7-18-14/h2-3,6-7,11,13,17H,4-5,8-10H2,1H3. The van der Waals surface area contributed by atoms with Crippen molar-refractivity contribution in [2.75, 3.05) is 20.1 Å². The summed E-state index contributed by atoms with van der Waals surface area (Å²) < 4.78 is 0. The Bertz CT molecular complexity index is 628. The highest BCUT2D eigenvalue weighted by Gasteiger charge is 2.28. The largest absolute Gasteiger partial charge is 0.338 e. The van der Waals surface area contributed by atoms with Crippen LogP contribution >= 0.6 is 11.3 Å². The molecule has 0 saturated carbocycles. The molecule has 1 aliphatic rings. The van der Waals surface area contributed by atoms with Gasteiger partial charge >= 0.3 is 0 Å². The molecule has 0 spiro atoms. The van der Waals surface area contributed by atoms with Gasteiger partial charge in [0.2, 0.25) is 5.91 Å². The zero-order chi connectivity index (χ0) is 15.4. The van der Waals surface area contributed by atoms with Gasteiger partial charge in [0.1, 0.15) is 5.01 Å². The van der Waals surface area contributed by atoms with E-state index in [4.69, 9.17) is 0 Å². The van der Waals surface area contributed by atoms with Crippen LogP contribution in [-0.4, -0.2) is 47.0 Å². The van der Waals surface area contributed by atoms with Gasteiger partial charge in [-0.15, -0.1) is 11.3 Å². The van der Waals surface area contributed by atoms with Gasteiger partial charge in [-0.3, -0.25) is 9.78 Å². The minimum Gasteiger partial charge on any atom is -0.338 e. The van der Waals surface area contributed by atoms with Crippen molar-refractivity contribution in [3.05, 3.63) is 35.5 Å². The molecular formula is C16H20N4OS. The van der Waals surface area contributed by atoms with Gasteiger partial charge in [0.25, 0.3) is 0 Å². The van der Waals surface area contributed by atoms with Crippen LogP contribution in [0.15, 0.2) is 29.8 Å². The number of hydrogen-bond donors (Lipinski definition) is 1. The number of aromatic nitrogens is 2. The Morgan fingerprint density at radius 1 is 1.50 bits per heavy atom. The Hall–Kier alpha value is -1.79. The summed E-state index contributed by atoms with van der Waals surface area (Å²) in [5.74, 6) is 0.177. The van der Waals surface area contributed by atoms with Crippen LogP contribution in [0, 0.1) is 0 Å². The van der Waals surface area contributed by atoms with Gasteiger partial charge in [-0.25, -0.2) is 4.98 Å². The highest BCUT2D eigenvalue weighted by Crippen LogP contribution is 2.23. The summed E-state index contributed by atoms with van der Waals surface area (Å²) in [5.41, 5.74) is 1.70. The Balaban J connectivity index is 1.66. The molecule has 1 aliphatic heterocycles. The summed E-state index contributed by atoms with van der Waals surface area (Å²) in [6, 6.07) is 6.10. The molecule has 3 rings (SSSR count). The summed E-state index contributed by atoms with van der Waals surface area (Å²) >= 11 is 1.54. The highest BCUT2D eigenvalue weighted by atomic mass is 32.1. The van der Waals surface area contributed by atoms with Crippen LogP contribution in [0.25, 0.3) is 10.7 Å². The van der Waals surface area contributed by atoms with Crippen LogP contribution in [0.4, 0.5) is 0 Å². The number of nitrogens with one attached hydrogen (secondary N) is 1. The predicted molar refractivity (Wildman–Crippen MR) is 87.7 cm³/mol. The minimum absolute atomic E-state index is 0.177. The fraction of sp³-hybridized carbons (Fsp3) is 0.438. The quantitative estimate of drug-likeness (QED) is 0.916. The number of rotatable bonds is 5. The summed E-state index contributed by atoms with van der Waals surface area (Å²) in [5, 5.41) is 6.00. The first-order valence-corrected chi connectivity index (χ1v) is 8.46. The number of carbonyl (C=O) groups is 1. The lowest BCUT2D eigenvalue weighted by Crippen LogP contribution is -2.41. The monoisotopic (exact) mass is 316 g/mol. The van der Waals surface area contributed by atoms with Crippen molar-refractivity contribution in [1.82, 2.24) is 20.2 Å². The fourth-order valence-electron chi connectivity index (χ4n) is 2.86. The van der Waals surface area contributed by atoms with E-state index in [0.717, 1.165) is 42.3 Å². The zero-order valence-corrected chi connectivity index (χ0v) is 13.5. The van der Waals surface area contributed by atoms with Crippen LogP contribution in [0.3, 0.4) is 0 Å². The molecule has 0 radical (unpaired) electrons. The maximum atomic E-state index is 12.5. The Morgan fingerprint density at radius 3 is 3.18 bits per heavy atom. The molecule has 2 aromatic rings. The lowest BCUT2D eigenvalue weighted by Gasteiger charge is -2.24. The molecule has 1 N–H and O–H groups in total. The third kappa shape index (κ3) is 3.34. The van der Waals surface area contributed by atoms with E-state index >= 15 is 0 Å². The Kier molecular flexibility index (Phi) is 4.80. The molecule has 0 aromatic carbocycles. The average Bonchev–Trinajstić information content (AvgIpc) is 3.18. The van der Waals surface area contributed by atoms with E-state index < -0.39 is 0 Å². The number of nitrogens with zero attached hydrogens (tertiary/aromatic N) is 3. The number of carbonyl (C=O) groups excluding carboxylic acids is 1. The van der Waals surface area contributed by atoms with Crippen LogP contribution in [0.1, 0.15) is 18.5 Å². The molecule has 1 fully saturated rings. The van der Waals surface area contributed by atoms with Crippen molar-refractivity contribution in [1.29, 1.82) is 0 Å². The number of likely N-dealkylation sites (N-methyl/N-ethyl adjacent to an activating group) is 1. The number of pyridine rings is 1. The predicted octanol–water partition coefficient (Wildman–Crippen LogP) is 1.96. The van der Waals surface area contributed by atoms with Crippen LogP contribution in [0.5, 0.6) is 0 Å². The van der Waals surface area contributed by atoms with Crippen molar-refractivity contribution in [2.24, 2.45) is 0 Å². The van der Waals surface area contributed by atoms with Gasteiger partial charge in [0.15, 0.2) is 0 Å². The molecule has 5 nitrogen and oxygen atoms in total. The molecule has 2 aromatic heterocycles. The zero-order valence-electron chi connectivity index (χ0n) is 12.7. The third-order valence-corrected chi connectivity index (χ3v) is 4.82. The molecule has 1 amide bonds. The molecule has 1 saturated heterocycles. The smallest absolute Gasteiger partial charge is 0.228 e. The molecule has 3 heterocycles. The summed E-state index contributed by atoms with van der Waals surface area (Å²) in [7, 11) is 1.93. The maximum absolute atomic E-state index is 12.5. The molecule has 0 aliphatic carbocycles. The third-order valence-electron chi connectivity index (χ3n) is 3.91. The maximum Gasteiger partial charge on any atom is 0.228 e. The fourth-order valence-corrected chi connectivity index (χ4v) is 3.66. The molecule has 1 unspecified atom stereocenters. The van der Waals surface area contributed by atoms with E-state index in [2.05, 4.69) is 15.3 Å². The van der Waals surface area contributed by atoms with E-state index in [1.807, 2.05) is 35.5 Å². The molecular weight excluding hydrogens is 296 g/mol. The van der Waals surface area contributed by atoms with Crippen LogP contribution in [0.2, 0.25) is 0 Å². The van der Waals surface area contributed by atoms with Gasteiger partial charge in [-0.1, -0.05) is 6.07 Å². The second kappa shape index (κ2) is 6.98. The lowest BCUT2D eigenvalue weighted by molar-refractivity contribution is -0.131. The van der Waals surface area contributed by atoms with Crippen molar-refractivity contribution in [3.8, 4) is 10.7 Å². The summed E-state index contributed by atoms with van der Waals surface area (Å²) in [4.78, 5) is 23.3. The first kappa shape index (κ1) is 15.1. The summed E-state index contributed by atoms with van der Waals surface area (Å²) in [6.45, 7) is 1.73. The number of amides is 1. The van der Waals surface area contributed by atoms with Gasteiger partial charge in [0, 0.05) is 30.7 Å². The SMILES string of the molecule is CNCC1CCCN1C(=O)Cc1csc(-c2ccccn2)n1. The summed E-state index contributed by atoms with van der Waals surface area (Å²) in [6.07, 6.45) is 4.31. The van der Waals surface area contributed by atoms with Crippen molar-refractivity contribution in [3.63, 3.8) is 0 Å². The van der Waals surface area contributed by atoms with Gasteiger partial charge < -0.3 is 10.2 Å². The Morgan fingerprint density at radius 2 is 2.41 bits per heavy atom.